The predicted molar refractivity (Wildman–Crippen MR) is 101 cm³/mol. The van der Waals surface area contributed by atoms with Gasteiger partial charge >= 0.3 is 0 Å². The number of amides is 1. The highest BCUT2D eigenvalue weighted by molar-refractivity contribution is 5.96. The number of Topliss-reactive ketones (excluding diaryl/α,β-unsaturated/α-hetero) is 1. The maximum absolute atomic E-state index is 12.4. The Bertz CT molecular complexity index is 796. The maximum atomic E-state index is 12.4. The number of ketones is 1. The molecule has 1 aromatic heterocycles. The van der Waals surface area contributed by atoms with Gasteiger partial charge in [-0.25, -0.2) is 4.98 Å². The van der Waals surface area contributed by atoms with Crippen LogP contribution in [0.15, 0.2) is 36.5 Å². The van der Waals surface area contributed by atoms with Crippen LogP contribution in [0, 0.1) is 0 Å². The number of rotatable bonds is 6. The van der Waals surface area contributed by atoms with Crippen molar-refractivity contribution >= 4 is 23.2 Å². The normalized spacial score (nSPS) is 13.5. The van der Waals surface area contributed by atoms with Crippen molar-refractivity contribution in [1.29, 1.82) is 0 Å². The van der Waals surface area contributed by atoms with E-state index in [1.54, 1.807) is 31.5 Å². The van der Waals surface area contributed by atoms with Gasteiger partial charge in [-0.1, -0.05) is 0 Å². The Balaban J connectivity index is 1.67. The molecule has 6 heteroatoms. The van der Waals surface area contributed by atoms with E-state index in [1.807, 2.05) is 12.1 Å². The molecule has 1 amide bonds. The van der Waals surface area contributed by atoms with Crippen molar-refractivity contribution in [2.75, 3.05) is 30.4 Å². The van der Waals surface area contributed by atoms with E-state index < -0.39 is 0 Å². The van der Waals surface area contributed by atoms with Crippen LogP contribution in [0.2, 0.25) is 0 Å². The summed E-state index contributed by atoms with van der Waals surface area (Å²) in [6.45, 7) is 3.56. The first-order valence-electron chi connectivity index (χ1n) is 8.75. The van der Waals surface area contributed by atoms with Crippen LogP contribution in [0.3, 0.4) is 0 Å². The topological polar surface area (TPSA) is 71.5 Å². The first-order valence-corrected chi connectivity index (χ1v) is 8.75. The molecule has 0 saturated carbocycles. The summed E-state index contributed by atoms with van der Waals surface area (Å²) in [4.78, 5) is 30.6. The number of carbonyl (C=O) groups excluding carboxylic acids is 2. The molecular formula is C20H23N3O3. The highest BCUT2D eigenvalue weighted by atomic mass is 16.5. The zero-order valence-electron chi connectivity index (χ0n) is 15.1. The molecule has 0 bridgehead atoms. The lowest BCUT2D eigenvalue weighted by Crippen LogP contribution is -2.19. The molecule has 26 heavy (non-hydrogen) atoms. The molecule has 0 aliphatic carbocycles. The Morgan fingerprint density at radius 1 is 1.19 bits per heavy atom. The molecular weight excluding hydrogens is 330 g/mol. The number of ether oxygens (including phenoxy) is 1. The lowest BCUT2D eigenvalue weighted by Gasteiger charge is -2.16. The molecule has 0 spiro atoms. The van der Waals surface area contributed by atoms with E-state index in [2.05, 4.69) is 15.2 Å². The van der Waals surface area contributed by atoms with Crippen molar-refractivity contribution in [2.24, 2.45) is 0 Å². The van der Waals surface area contributed by atoms with Gasteiger partial charge in [0.15, 0.2) is 5.78 Å². The molecule has 1 N–H and O–H groups in total. The molecule has 6 nitrogen and oxygen atoms in total. The molecule has 0 atom stereocenters. The van der Waals surface area contributed by atoms with Gasteiger partial charge in [-0.2, -0.15) is 0 Å². The van der Waals surface area contributed by atoms with E-state index >= 15 is 0 Å². The molecule has 2 aromatic rings. The van der Waals surface area contributed by atoms with Gasteiger partial charge in [-0.3, -0.25) is 9.59 Å². The van der Waals surface area contributed by atoms with Gasteiger partial charge in [0.1, 0.15) is 11.6 Å². The number of aromatic nitrogens is 1. The average molecular weight is 353 g/mol. The van der Waals surface area contributed by atoms with Gasteiger partial charge < -0.3 is 15.0 Å². The first-order chi connectivity index (χ1) is 12.6. The van der Waals surface area contributed by atoms with Crippen LogP contribution in [0.1, 0.15) is 35.7 Å². The van der Waals surface area contributed by atoms with Gasteiger partial charge in [0.25, 0.3) is 0 Å². The standard InChI is InChI=1S/C20H23N3O3/c1-14(24)15-5-7-18(26-2)16(11-15)12-20(25)22-17-6-8-19(21-13-17)23-9-3-4-10-23/h5-8,11,13H,3-4,9-10,12H2,1-2H3,(H,22,25). The molecule has 1 aromatic carbocycles. The van der Waals surface area contributed by atoms with E-state index in [0.29, 0.717) is 22.6 Å². The predicted octanol–water partition coefficient (Wildman–Crippen LogP) is 3.07. The summed E-state index contributed by atoms with van der Waals surface area (Å²) in [7, 11) is 1.55. The third-order valence-corrected chi connectivity index (χ3v) is 4.50. The van der Waals surface area contributed by atoms with Gasteiger partial charge in [0.2, 0.25) is 5.91 Å². The SMILES string of the molecule is COc1ccc(C(C)=O)cc1CC(=O)Nc1ccc(N2CCCC2)nc1. The van der Waals surface area contributed by atoms with Crippen LogP contribution in [-0.4, -0.2) is 36.9 Å². The maximum Gasteiger partial charge on any atom is 0.228 e. The van der Waals surface area contributed by atoms with Crippen molar-refractivity contribution in [3.05, 3.63) is 47.7 Å². The van der Waals surface area contributed by atoms with E-state index in [0.717, 1.165) is 18.9 Å². The Morgan fingerprint density at radius 2 is 1.96 bits per heavy atom. The number of hydrogen-bond donors (Lipinski definition) is 1. The van der Waals surface area contributed by atoms with Crippen LogP contribution >= 0.6 is 0 Å². The Morgan fingerprint density at radius 3 is 2.58 bits per heavy atom. The molecule has 1 fully saturated rings. The van der Waals surface area contributed by atoms with Crippen LogP contribution in [0.5, 0.6) is 5.75 Å². The van der Waals surface area contributed by atoms with Crippen LogP contribution in [0.4, 0.5) is 11.5 Å². The fourth-order valence-corrected chi connectivity index (χ4v) is 3.11. The molecule has 2 heterocycles. The van der Waals surface area contributed by atoms with Gasteiger partial charge in [0.05, 0.1) is 25.4 Å². The van der Waals surface area contributed by atoms with Gasteiger partial charge in [-0.15, -0.1) is 0 Å². The third kappa shape index (κ3) is 4.20. The average Bonchev–Trinajstić information content (AvgIpc) is 3.17. The fourth-order valence-electron chi connectivity index (χ4n) is 3.11. The second-order valence-electron chi connectivity index (χ2n) is 6.41. The minimum atomic E-state index is -0.181. The number of nitrogens with one attached hydrogen (secondary N) is 1. The molecule has 1 aliphatic rings. The van der Waals surface area contributed by atoms with Crippen LogP contribution in [0.25, 0.3) is 0 Å². The number of methoxy groups -OCH3 is 1. The minimum Gasteiger partial charge on any atom is -0.496 e. The summed E-state index contributed by atoms with van der Waals surface area (Å²) in [5, 5.41) is 2.85. The van der Waals surface area contributed by atoms with Crippen molar-refractivity contribution in [1.82, 2.24) is 4.98 Å². The number of pyridine rings is 1. The second kappa shape index (κ2) is 7.99. The third-order valence-electron chi connectivity index (χ3n) is 4.50. The molecule has 0 unspecified atom stereocenters. The molecule has 1 saturated heterocycles. The summed E-state index contributed by atoms with van der Waals surface area (Å²) >= 11 is 0. The Hall–Kier alpha value is -2.89. The summed E-state index contributed by atoms with van der Waals surface area (Å²) in [5.74, 6) is 1.31. The first kappa shape index (κ1) is 17.9. The zero-order chi connectivity index (χ0) is 18.5. The smallest absolute Gasteiger partial charge is 0.228 e. The van der Waals surface area contributed by atoms with Crippen molar-refractivity contribution in [3.63, 3.8) is 0 Å². The zero-order valence-corrected chi connectivity index (χ0v) is 15.1. The van der Waals surface area contributed by atoms with Crippen molar-refractivity contribution < 1.29 is 14.3 Å². The molecule has 136 valence electrons. The highest BCUT2D eigenvalue weighted by Crippen LogP contribution is 2.22. The monoisotopic (exact) mass is 353 g/mol. The lowest BCUT2D eigenvalue weighted by molar-refractivity contribution is -0.115. The van der Waals surface area contributed by atoms with Crippen molar-refractivity contribution in [2.45, 2.75) is 26.2 Å². The van der Waals surface area contributed by atoms with Crippen molar-refractivity contribution in [3.8, 4) is 5.75 Å². The Labute approximate surface area is 153 Å². The summed E-state index contributed by atoms with van der Waals surface area (Å²) in [6.07, 6.45) is 4.19. The van der Waals surface area contributed by atoms with Crippen LogP contribution < -0.4 is 15.0 Å². The number of nitrogens with zero attached hydrogens (tertiary/aromatic N) is 2. The van der Waals surface area contributed by atoms with E-state index in [-0.39, 0.29) is 18.1 Å². The fraction of sp³-hybridized carbons (Fsp3) is 0.350. The quantitative estimate of drug-likeness (QED) is 0.808. The summed E-state index contributed by atoms with van der Waals surface area (Å²) in [6, 6.07) is 8.91. The summed E-state index contributed by atoms with van der Waals surface area (Å²) < 4.78 is 5.29. The lowest BCUT2D eigenvalue weighted by atomic mass is 10.0. The molecule has 3 rings (SSSR count). The molecule has 1 aliphatic heterocycles. The van der Waals surface area contributed by atoms with Crippen LogP contribution in [-0.2, 0) is 11.2 Å². The van der Waals surface area contributed by atoms with E-state index in [9.17, 15) is 9.59 Å². The Kier molecular flexibility index (Phi) is 5.51. The highest BCUT2D eigenvalue weighted by Gasteiger charge is 2.14. The van der Waals surface area contributed by atoms with E-state index in [4.69, 9.17) is 4.74 Å². The van der Waals surface area contributed by atoms with E-state index in [1.165, 1.54) is 19.8 Å². The summed E-state index contributed by atoms with van der Waals surface area (Å²) in [5.41, 5.74) is 1.89. The number of benzene rings is 1. The molecule has 0 radical (unpaired) electrons. The second-order valence-corrected chi connectivity index (χ2v) is 6.41. The largest absolute Gasteiger partial charge is 0.496 e. The minimum absolute atomic E-state index is 0.0454. The van der Waals surface area contributed by atoms with Gasteiger partial charge in [0, 0.05) is 24.2 Å². The number of hydrogen-bond acceptors (Lipinski definition) is 5. The van der Waals surface area contributed by atoms with Gasteiger partial charge in [-0.05, 0) is 50.1 Å². The number of carbonyl (C=O) groups is 2. The number of anilines is 2.